The van der Waals surface area contributed by atoms with Crippen molar-refractivity contribution >= 4 is 5.71 Å². The smallest absolute Gasteiger partial charge is 0.144 e. The van der Waals surface area contributed by atoms with Crippen molar-refractivity contribution in [3.05, 3.63) is 12.2 Å². The molecule has 6 atom stereocenters. The molecule has 4 saturated carbocycles. The zero-order valence-electron chi connectivity index (χ0n) is 18.0. The van der Waals surface area contributed by atoms with Crippen LogP contribution in [0, 0.1) is 34.5 Å². The first-order valence-corrected chi connectivity index (χ1v) is 11.3. The van der Waals surface area contributed by atoms with Crippen LogP contribution in [0.5, 0.6) is 0 Å². The Kier molecular flexibility index (Phi) is 4.77. The highest BCUT2D eigenvalue weighted by atomic mass is 16.6. The maximum Gasteiger partial charge on any atom is 0.144 e. The Morgan fingerprint density at radius 3 is 2.63 bits per heavy atom. The number of allylic oxidation sites excluding steroid dienone is 1. The van der Waals surface area contributed by atoms with E-state index in [2.05, 4.69) is 25.6 Å². The molecule has 27 heavy (non-hydrogen) atoms. The molecule has 4 fully saturated rings. The minimum atomic E-state index is -0.357. The minimum Gasteiger partial charge on any atom is -0.389 e. The summed E-state index contributed by atoms with van der Waals surface area (Å²) in [4.78, 5) is 5.77. The summed E-state index contributed by atoms with van der Waals surface area (Å²) in [5, 5.41) is 4.55. The van der Waals surface area contributed by atoms with Crippen LogP contribution in [0.1, 0.15) is 85.5 Å². The largest absolute Gasteiger partial charge is 0.389 e. The minimum absolute atomic E-state index is 0.357. The summed E-state index contributed by atoms with van der Waals surface area (Å²) < 4.78 is 0. The summed E-state index contributed by atoms with van der Waals surface area (Å²) in [6.07, 6.45) is 11.8. The maximum absolute atomic E-state index is 5.78. The van der Waals surface area contributed by atoms with E-state index >= 15 is 0 Å². The molecule has 4 unspecified atom stereocenters. The van der Waals surface area contributed by atoms with E-state index in [4.69, 9.17) is 10.6 Å². The fraction of sp³-hybridized carbons (Fsp3) is 0.875. The van der Waals surface area contributed by atoms with E-state index in [0.717, 1.165) is 36.5 Å². The van der Waals surface area contributed by atoms with Gasteiger partial charge in [-0.1, -0.05) is 31.2 Å². The Hall–Kier alpha value is -0.830. The van der Waals surface area contributed by atoms with Gasteiger partial charge in [0, 0.05) is 6.54 Å². The van der Waals surface area contributed by atoms with Crippen LogP contribution in [-0.2, 0) is 4.84 Å². The van der Waals surface area contributed by atoms with E-state index in [1.165, 1.54) is 50.7 Å². The Bertz CT molecular complexity index is 638. The lowest BCUT2D eigenvalue weighted by Gasteiger charge is -2.60. The fourth-order valence-electron chi connectivity index (χ4n) is 7.28. The molecule has 0 amide bonds. The van der Waals surface area contributed by atoms with Crippen molar-refractivity contribution in [2.24, 2.45) is 45.4 Å². The topological polar surface area (TPSA) is 47.6 Å². The van der Waals surface area contributed by atoms with Crippen molar-refractivity contribution < 1.29 is 4.84 Å². The second-order valence-corrected chi connectivity index (χ2v) is 11.2. The molecule has 0 bridgehead atoms. The molecule has 0 aromatic rings. The number of nitrogens with two attached hydrogens (primary N) is 1. The van der Waals surface area contributed by atoms with E-state index in [0.29, 0.717) is 17.4 Å². The quantitative estimate of drug-likeness (QED) is 0.510. The third kappa shape index (κ3) is 3.09. The van der Waals surface area contributed by atoms with Gasteiger partial charge in [0.1, 0.15) is 5.60 Å². The van der Waals surface area contributed by atoms with Crippen LogP contribution in [0.25, 0.3) is 0 Å². The van der Waals surface area contributed by atoms with Gasteiger partial charge in [0.2, 0.25) is 0 Å². The summed E-state index contributed by atoms with van der Waals surface area (Å²) in [5.74, 6) is 3.51. The van der Waals surface area contributed by atoms with Crippen LogP contribution >= 0.6 is 0 Å². The normalized spacial score (nSPS) is 46.0. The SMILES string of the molecule is C=C1CCC2C3CCC4C/C(=N/OC(C)(C)CN)CC[C@]4(C)C3CC[C@]12C. The summed E-state index contributed by atoms with van der Waals surface area (Å²) in [6, 6.07) is 0. The molecule has 4 aliphatic rings. The summed E-state index contributed by atoms with van der Waals surface area (Å²) in [7, 11) is 0. The predicted molar refractivity (Wildman–Crippen MR) is 113 cm³/mol. The first-order chi connectivity index (χ1) is 12.7. The molecule has 4 aliphatic carbocycles. The summed E-state index contributed by atoms with van der Waals surface area (Å²) in [5.41, 5.74) is 9.18. The molecular weight excluding hydrogens is 332 g/mol. The molecule has 2 N–H and O–H groups in total. The van der Waals surface area contributed by atoms with Crippen LogP contribution in [0.2, 0.25) is 0 Å². The highest BCUT2D eigenvalue weighted by molar-refractivity contribution is 5.85. The Morgan fingerprint density at radius 2 is 1.89 bits per heavy atom. The molecule has 0 aliphatic heterocycles. The fourth-order valence-corrected chi connectivity index (χ4v) is 7.28. The third-order valence-corrected chi connectivity index (χ3v) is 9.37. The number of nitrogens with zero attached hydrogens (tertiary/aromatic N) is 1. The lowest BCUT2D eigenvalue weighted by molar-refractivity contribution is -0.0866. The molecule has 0 aromatic carbocycles. The zero-order chi connectivity index (χ0) is 19.4. The van der Waals surface area contributed by atoms with Gasteiger partial charge < -0.3 is 10.6 Å². The molecule has 0 spiro atoms. The molecule has 0 heterocycles. The molecular formula is C24H40N2O. The monoisotopic (exact) mass is 372 g/mol. The average molecular weight is 373 g/mol. The van der Waals surface area contributed by atoms with Crippen molar-refractivity contribution in [1.82, 2.24) is 0 Å². The van der Waals surface area contributed by atoms with Crippen LogP contribution in [-0.4, -0.2) is 17.9 Å². The number of fused-ring (bicyclic) bond motifs is 5. The highest BCUT2D eigenvalue weighted by Crippen LogP contribution is 2.66. The van der Waals surface area contributed by atoms with Gasteiger partial charge in [-0.25, -0.2) is 0 Å². The number of rotatable bonds is 3. The summed E-state index contributed by atoms with van der Waals surface area (Å²) in [6.45, 7) is 14.1. The van der Waals surface area contributed by atoms with E-state index in [1.807, 2.05) is 13.8 Å². The van der Waals surface area contributed by atoms with Gasteiger partial charge in [0.15, 0.2) is 0 Å². The van der Waals surface area contributed by atoms with Gasteiger partial charge >= 0.3 is 0 Å². The van der Waals surface area contributed by atoms with Crippen molar-refractivity contribution in [1.29, 1.82) is 0 Å². The van der Waals surface area contributed by atoms with Crippen molar-refractivity contribution in [3.63, 3.8) is 0 Å². The second kappa shape index (κ2) is 6.61. The molecule has 0 radical (unpaired) electrons. The molecule has 3 heteroatoms. The Morgan fingerprint density at radius 1 is 1.11 bits per heavy atom. The maximum atomic E-state index is 5.78. The van der Waals surface area contributed by atoms with Gasteiger partial charge in [-0.05, 0) is 106 Å². The zero-order valence-corrected chi connectivity index (χ0v) is 18.0. The van der Waals surface area contributed by atoms with Crippen molar-refractivity contribution in [2.45, 2.75) is 91.1 Å². The first-order valence-electron chi connectivity index (χ1n) is 11.3. The molecule has 4 rings (SSSR count). The second-order valence-electron chi connectivity index (χ2n) is 11.2. The predicted octanol–water partition coefficient (Wildman–Crippen LogP) is 5.70. The van der Waals surface area contributed by atoms with Gasteiger partial charge in [-0.15, -0.1) is 0 Å². The Labute approximate surface area is 166 Å². The van der Waals surface area contributed by atoms with Gasteiger partial charge in [-0.3, -0.25) is 0 Å². The van der Waals surface area contributed by atoms with E-state index in [9.17, 15) is 0 Å². The van der Waals surface area contributed by atoms with Gasteiger partial charge in [-0.2, -0.15) is 0 Å². The third-order valence-electron chi connectivity index (χ3n) is 9.37. The van der Waals surface area contributed by atoms with Crippen molar-refractivity contribution in [2.75, 3.05) is 6.54 Å². The number of hydrogen-bond acceptors (Lipinski definition) is 3. The Balaban J connectivity index is 1.49. The molecule has 0 saturated heterocycles. The van der Waals surface area contributed by atoms with Crippen LogP contribution in [0.4, 0.5) is 0 Å². The molecule has 3 nitrogen and oxygen atoms in total. The van der Waals surface area contributed by atoms with Crippen LogP contribution < -0.4 is 5.73 Å². The average Bonchev–Trinajstić information content (AvgIpc) is 2.95. The van der Waals surface area contributed by atoms with Gasteiger partial charge in [0.05, 0.1) is 5.71 Å². The van der Waals surface area contributed by atoms with Crippen LogP contribution in [0.3, 0.4) is 0 Å². The highest BCUT2D eigenvalue weighted by Gasteiger charge is 2.58. The standard InChI is InChI=1S/C24H40N2O/c1-16-6-9-20-19-8-7-17-14-18(26-27-22(2,3)15-25)10-12-24(17,5)21(19)11-13-23(16,20)4/h17,19-21H,1,6-15,25H2,2-5H3/b26-18+/t17?,19?,20?,21?,23-,24+/m1/s1. The molecule has 0 aromatic heterocycles. The van der Waals surface area contributed by atoms with Crippen LogP contribution in [0.15, 0.2) is 17.3 Å². The van der Waals surface area contributed by atoms with Gasteiger partial charge in [0.25, 0.3) is 0 Å². The van der Waals surface area contributed by atoms with Crippen molar-refractivity contribution in [3.8, 4) is 0 Å². The van der Waals surface area contributed by atoms with E-state index < -0.39 is 0 Å². The van der Waals surface area contributed by atoms with E-state index in [1.54, 1.807) is 5.57 Å². The van der Waals surface area contributed by atoms with E-state index in [-0.39, 0.29) is 5.60 Å². The molecule has 152 valence electrons. The lowest BCUT2D eigenvalue weighted by atomic mass is 9.45. The lowest BCUT2D eigenvalue weighted by Crippen LogP contribution is -2.53. The number of oxime groups is 1. The summed E-state index contributed by atoms with van der Waals surface area (Å²) >= 11 is 0. The first kappa shape index (κ1) is 19.5. The number of hydrogen-bond donors (Lipinski definition) is 1.